The number of hydrogen-bond donors (Lipinski definition) is 0. The summed E-state index contributed by atoms with van der Waals surface area (Å²) in [6, 6.07) is 23.3. The summed E-state index contributed by atoms with van der Waals surface area (Å²) in [6.45, 7) is 11.6. The molecule has 47 heavy (non-hydrogen) atoms. The fourth-order valence-electron chi connectivity index (χ4n) is 5.27. The van der Waals surface area contributed by atoms with Gasteiger partial charge in [0.2, 0.25) is 0 Å². The van der Waals surface area contributed by atoms with Crippen molar-refractivity contribution in [2.24, 2.45) is 16.8 Å². The van der Waals surface area contributed by atoms with Crippen LogP contribution in [0.4, 0.5) is 4.79 Å². The van der Waals surface area contributed by atoms with Crippen molar-refractivity contribution >= 4 is 17.5 Å². The number of amides is 1. The van der Waals surface area contributed by atoms with Crippen LogP contribution < -0.4 is 9.47 Å². The molecule has 2 aromatic heterocycles. The van der Waals surface area contributed by atoms with E-state index >= 15 is 0 Å². The molecular weight excluding hydrogens is 588 g/mol. The van der Waals surface area contributed by atoms with Crippen LogP contribution in [-0.4, -0.2) is 45.4 Å². The average Bonchev–Trinajstić information content (AvgIpc) is 3.06. The van der Waals surface area contributed by atoms with Crippen molar-refractivity contribution < 1.29 is 19.0 Å². The highest BCUT2D eigenvalue weighted by Gasteiger charge is 2.29. The molecule has 8 heteroatoms. The molecule has 2 atom stereocenters. The van der Waals surface area contributed by atoms with Crippen LogP contribution in [-0.2, 0) is 4.74 Å². The molecule has 0 bridgehead atoms. The number of hydrogen-bond acceptors (Lipinski definition) is 7. The van der Waals surface area contributed by atoms with Crippen molar-refractivity contribution in [3.8, 4) is 23.0 Å². The highest BCUT2D eigenvalue weighted by Crippen LogP contribution is 2.32. The fraction of sp³-hybridized carbons (Fsp3) is 0.333. The zero-order valence-corrected chi connectivity index (χ0v) is 27.9. The molecule has 0 saturated heterocycles. The van der Waals surface area contributed by atoms with Gasteiger partial charge in [-0.3, -0.25) is 19.9 Å². The monoisotopic (exact) mass is 632 g/mol. The van der Waals surface area contributed by atoms with E-state index in [1.807, 2.05) is 81.4 Å². The Balaban J connectivity index is 0.000000193. The normalized spacial score (nSPS) is 17.8. The lowest BCUT2D eigenvalue weighted by Gasteiger charge is -2.34. The Bertz CT molecular complexity index is 1680. The topological polar surface area (TPSA) is 86.1 Å². The second kappa shape index (κ2) is 15.5. The summed E-state index contributed by atoms with van der Waals surface area (Å²) >= 11 is 0. The summed E-state index contributed by atoms with van der Waals surface area (Å²) in [5.74, 6) is 4.04. The first-order valence-electron chi connectivity index (χ1n) is 16.2. The molecule has 2 aliphatic rings. The largest absolute Gasteiger partial charge is 0.456 e. The Morgan fingerprint density at radius 3 is 1.94 bits per heavy atom. The van der Waals surface area contributed by atoms with Crippen molar-refractivity contribution in [3.05, 3.63) is 115 Å². The number of rotatable bonds is 6. The summed E-state index contributed by atoms with van der Waals surface area (Å²) < 4.78 is 17.3. The number of benzene rings is 2. The first-order chi connectivity index (χ1) is 22.6. The summed E-state index contributed by atoms with van der Waals surface area (Å²) in [5.41, 5.74) is 3.61. The van der Waals surface area contributed by atoms with Crippen molar-refractivity contribution in [1.82, 2.24) is 14.9 Å². The Hall–Kier alpha value is -4.98. The molecule has 4 aromatic rings. The molecule has 0 fully saturated rings. The zero-order chi connectivity index (χ0) is 33.2. The SMILES string of the molecule is C[C@H]1CC=C(c2cccc(Oc3cccnc3)c2)N(C(=O)OC(C)(C)C)C1.C[C@H]1CCC(c2cccc(Oc3cccnc3)c2)=NC1. The van der Waals surface area contributed by atoms with Gasteiger partial charge in [-0.15, -0.1) is 0 Å². The highest BCUT2D eigenvalue weighted by atomic mass is 16.6. The second-order valence-corrected chi connectivity index (χ2v) is 13.1. The number of ether oxygens (including phenoxy) is 3. The number of allylic oxidation sites excluding steroid dienone is 1. The van der Waals surface area contributed by atoms with Gasteiger partial charge in [0.25, 0.3) is 0 Å². The van der Waals surface area contributed by atoms with Gasteiger partial charge in [0.05, 0.1) is 18.1 Å². The third-order valence-corrected chi connectivity index (χ3v) is 7.62. The van der Waals surface area contributed by atoms with E-state index in [4.69, 9.17) is 14.2 Å². The third-order valence-electron chi connectivity index (χ3n) is 7.62. The van der Waals surface area contributed by atoms with E-state index in [1.54, 1.807) is 29.7 Å². The van der Waals surface area contributed by atoms with Crippen molar-refractivity contribution in [2.75, 3.05) is 13.1 Å². The minimum absolute atomic E-state index is 0.320. The lowest BCUT2D eigenvalue weighted by atomic mass is 9.96. The van der Waals surface area contributed by atoms with E-state index in [9.17, 15) is 4.79 Å². The van der Waals surface area contributed by atoms with Gasteiger partial charge in [0.1, 0.15) is 28.6 Å². The molecule has 0 unspecified atom stereocenters. The molecule has 8 nitrogen and oxygen atoms in total. The van der Waals surface area contributed by atoms with Crippen LogP contribution in [0.1, 0.15) is 65.0 Å². The summed E-state index contributed by atoms with van der Waals surface area (Å²) in [5, 5.41) is 0. The minimum atomic E-state index is -0.534. The molecule has 0 N–H and O–H groups in total. The number of carbonyl (C=O) groups is 1. The Morgan fingerprint density at radius 1 is 0.787 bits per heavy atom. The molecule has 2 aliphatic heterocycles. The molecule has 0 saturated carbocycles. The van der Waals surface area contributed by atoms with E-state index in [2.05, 4.69) is 47.0 Å². The molecule has 1 amide bonds. The molecule has 0 spiro atoms. The minimum Gasteiger partial charge on any atom is -0.456 e. The van der Waals surface area contributed by atoms with Crippen LogP contribution in [0.25, 0.3) is 5.70 Å². The number of aromatic nitrogens is 2. The van der Waals surface area contributed by atoms with E-state index in [0.717, 1.165) is 42.1 Å². The summed E-state index contributed by atoms with van der Waals surface area (Å²) in [7, 11) is 0. The van der Waals surface area contributed by atoms with Crippen molar-refractivity contribution in [2.45, 2.75) is 59.5 Å². The fourth-order valence-corrected chi connectivity index (χ4v) is 5.27. The van der Waals surface area contributed by atoms with E-state index in [0.29, 0.717) is 29.9 Å². The Kier molecular flexibility index (Phi) is 11.0. The quantitative estimate of drug-likeness (QED) is 0.210. The smallest absolute Gasteiger partial charge is 0.414 e. The lowest BCUT2D eigenvalue weighted by Crippen LogP contribution is -2.39. The summed E-state index contributed by atoms with van der Waals surface area (Å²) in [4.78, 5) is 27.3. The van der Waals surface area contributed by atoms with Gasteiger partial charge in [-0.05, 0) is 106 Å². The van der Waals surface area contributed by atoms with Gasteiger partial charge in [-0.25, -0.2) is 4.79 Å². The second-order valence-electron chi connectivity index (χ2n) is 13.1. The predicted octanol–water partition coefficient (Wildman–Crippen LogP) is 9.58. The van der Waals surface area contributed by atoms with Gasteiger partial charge in [0.15, 0.2) is 0 Å². The molecule has 6 rings (SSSR count). The van der Waals surface area contributed by atoms with Gasteiger partial charge < -0.3 is 14.2 Å². The Morgan fingerprint density at radius 2 is 1.38 bits per heavy atom. The van der Waals surface area contributed by atoms with Crippen molar-refractivity contribution in [3.63, 3.8) is 0 Å². The van der Waals surface area contributed by atoms with Crippen molar-refractivity contribution in [1.29, 1.82) is 0 Å². The highest BCUT2D eigenvalue weighted by molar-refractivity contribution is 6.01. The third kappa shape index (κ3) is 10.0. The van der Waals surface area contributed by atoms with E-state index in [-0.39, 0.29) is 6.09 Å². The van der Waals surface area contributed by atoms with Crippen LogP contribution in [0.3, 0.4) is 0 Å². The molecule has 2 aromatic carbocycles. The first-order valence-corrected chi connectivity index (χ1v) is 16.2. The number of pyridine rings is 2. The van der Waals surface area contributed by atoms with Gasteiger partial charge in [0, 0.05) is 36.8 Å². The molecular formula is C39H44N4O4. The zero-order valence-electron chi connectivity index (χ0n) is 27.9. The first kappa shape index (κ1) is 33.4. The number of nitrogens with zero attached hydrogens (tertiary/aromatic N) is 4. The standard InChI is InChI=1S/C22H26N2O3.C17H18N2O/c1-16-10-11-20(24(15-16)21(25)27-22(2,3)4)17-7-5-8-18(13-17)26-19-9-6-12-23-14-19;1-13-7-8-17(19-11-13)14-4-2-5-15(10-14)20-16-6-3-9-18-12-16/h5-9,11-14,16H,10,15H2,1-4H3;2-6,9-10,12-13H,7-8,11H2,1H3/t16-;13-/m00/s1. The number of aliphatic imine (C=N–C) groups is 1. The molecule has 4 heterocycles. The van der Waals surface area contributed by atoms with Crippen LogP contribution in [0.2, 0.25) is 0 Å². The van der Waals surface area contributed by atoms with E-state index in [1.165, 1.54) is 17.7 Å². The average molecular weight is 633 g/mol. The van der Waals surface area contributed by atoms with Crippen LogP contribution >= 0.6 is 0 Å². The number of carbonyl (C=O) groups excluding carboxylic acids is 1. The van der Waals surface area contributed by atoms with Crippen LogP contribution in [0.5, 0.6) is 23.0 Å². The van der Waals surface area contributed by atoms with Gasteiger partial charge in [-0.1, -0.05) is 44.2 Å². The predicted molar refractivity (Wildman–Crippen MR) is 186 cm³/mol. The van der Waals surface area contributed by atoms with Gasteiger partial charge in [-0.2, -0.15) is 0 Å². The van der Waals surface area contributed by atoms with Crippen LogP contribution in [0.15, 0.2) is 109 Å². The van der Waals surface area contributed by atoms with Gasteiger partial charge >= 0.3 is 6.09 Å². The molecule has 0 radical (unpaired) electrons. The summed E-state index contributed by atoms with van der Waals surface area (Å²) in [6.07, 6.45) is 11.8. The Labute approximate surface area is 278 Å². The van der Waals surface area contributed by atoms with Crippen LogP contribution in [0, 0.1) is 11.8 Å². The van der Waals surface area contributed by atoms with E-state index < -0.39 is 5.60 Å². The maximum absolute atomic E-state index is 12.7. The maximum atomic E-state index is 12.7. The molecule has 0 aliphatic carbocycles. The molecule has 244 valence electrons. The lowest BCUT2D eigenvalue weighted by molar-refractivity contribution is 0.0327. The maximum Gasteiger partial charge on any atom is 0.414 e.